The molecule has 0 aliphatic carbocycles. The van der Waals surface area contributed by atoms with Gasteiger partial charge >= 0.3 is 0 Å². The summed E-state index contributed by atoms with van der Waals surface area (Å²) in [5.41, 5.74) is 15.5. The number of nitrogens with two attached hydrogens (primary N) is 3. The number of amides is 3. The Bertz CT molecular complexity index is 427. The van der Waals surface area contributed by atoms with Crippen LogP contribution in [-0.2, 0) is 14.4 Å². The van der Waals surface area contributed by atoms with Gasteiger partial charge in [0.2, 0.25) is 17.7 Å². The van der Waals surface area contributed by atoms with Crippen molar-refractivity contribution in [2.45, 2.75) is 24.9 Å². The Morgan fingerprint density at radius 1 is 1.14 bits per heavy atom. The molecule has 0 fully saturated rings. The van der Waals surface area contributed by atoms with Crippen LogP contribution in [0.15, 0.2) is 4.99 Å². The molecule has 3 amide bonds. The van der Waals surface area contributed by atoms with E-state index >= 15 is 0 Å². The van der Waals surface area contributed by atoms with Crippen molar-refractivity contribution >= 4 is 36.3 Å². The monoisotopic (exact) mass is 334 g/mol. The number of hydrogen-bond acceptors (Lipinski definition) is 6. The van der Waals surface area contributed by atoms with E-state index in [1.807, 2.05) is 0 Å². The summed E-state index contributed by atoms with van der Waals surface area (Å²) in [5.74, 6) is -2.20. The summed E-state index contributed by atoms with van der Waals surface area (Å²) in [5, 5.41) is 13.7. The van der Waals surface area contributed by atoms with Gasteiger partial charge in [-0.15, -0.1) is 0 Å². The van der Waals surface area contributed by atoms with Crippen molar-refractivity contribution in [1.82, 2.24) is 10.6 Å². The van der Waals surface area contributed by atoms with Crippen molar-refractivity contribution in [2.24, 2.45) is 22.2 Å². The molecule has 0 unspecified atom stereocenters. The SMILES string of the molecule is NC(=O)[C@H](CCCN=C(N)N)NC(=O)[C@H](CO)NC(=O)CS. The van der Waals surface area contributed by atoms with E-state index in [9.17, 15) is 14.4 Å². The number of aliphatic hydroxyl groups is 1. The molecule has 10 nitrogen and oxygen atoms in total. The fourth-order valence-electron chi connectivity index (χ4n) is 1.50. The lowest BCUT2D eigenvalue weighted by Crippen LogP contribution is -2.54. The van der Waals surface area contributed by atoms with Crippen molar-refractivity contribution in [3.63, 3.8) is 0 Å². The van der Waals surface area contributed by atoms with Crippen LogP contribution < -0.4 is 27.8 Å². The summed E-state index contributed by atoms with van der Waals surface area (Å²) in [6, 6.07) is -2.14. The van der Waals surface area contributed by atoms with E-state index in [4.69, 9.17) is 22.3 Å². The first-order chi connectivity index (χ1) is 10.3. The summed E-state index contributed by atoms with van der Waals surface area (Å²) < 4.78 is 0. The van der Waals surface area contributed by atoms with Crippen LogP contribution in [0.4, 0.5) is 0 Å². The molecule has 0 spiro atoms. The molecule has 0 aromatic heterocycles. The van der Waals surface area contributed by atoms with Gasteiger partial charge < -0.3 is 32.9 Å². The van der Waals surface area contributed by atoms with Gasteiger partial charge in [-0.25, -0.2) is 0 Å². The predicted octanol–water partition coefficient (Wildman–Crippen LogP) is -3.58. The molecule has 9 N–H and O–H groups in total. The van der Waals surface area contributed by atoms with Crippen LogP contribution in [0.5, 0.6) is 0 Å². The topological polar surface area (TPSA) is 186 Å². The molecule has 0 bridgehead atoms. The zero-order chi connectivity index (χ0) is 17.1. The number of rotatable bonds is 10. The van der Waals surface area contributed by atoms with Gasteiger partial charge in [0.15, 0.2) is 5.96 Å². The highest BCUT2D eigenvalue weighted by molar-refractivity contribution is 7.81. The van der Waals surface area contributed by atoms with Gasteiger partial charge in [-0.2, -0.15) is 12.6 Å². The van der Waals surface area contributed by atoms with Gasteiger partial charge in [0, 0.05) is 6.54 Å². The maximum Gasteiger partial charge on any atom is 0.245 e. The van der Waals surface area contributed by atoms with E-state index in [-0.39, 0.29) is 24.7 Å². The van der Waals surface area contributed by atoms with E-state index in [0.29, 0.717) is 6.42 Å². The Kier molecular flexibility index (Phi) is 9.70. The van der Waals surface area contributed by atoms with Crippen molar-refractivity contribution in [1.29, 1.82) is 0 Å². The number of primary amides is 1. The van der Waals surface area contributed by atoms with Crippen LogP contribution in [0.2, 0.25) is 0 Å². The zero-order valence-electron chi connectivity index (χ0n) is 12.0. The van der Waals surface area contributed by atoms with Crippen LogP contribution >= 0.6 is 12.6 Å². The van der Waals surface area contributed by atoms with E-state index < -0.39 is 36.4 Å². The molecule has 22 heavy (non-hydrogen) atoms. The molecule has 0 aromatic rings. The Morgan fingerprint density at radius 2 is 1.77 bits per heavy atom. The second-order valence-electron chi connectivity index (χ2n) is 4.37. The lowest BCUT2D eigenvalue weighted by Gasteiger charge is -2.20. The third kappa shape index (κ3) is 8.32. The lowest BCUT2D eigenvalue weighted by atomic mass is 10.1. The number of carbonyl (C=O) groups is 3. The third-order valence-electron chi connectivity index (χ3n) is 2.58. The lowest BCUT2D eigenvalue weighted by molar-refractivity contribution is -0.131. The number of nitrogens with one attached hydrogen (secondary N) is 2. The number of aliphatic imine (C=N–C) groups is 1. The summed E-state index contributed by atoms with van der Waals surface area (Å²) >= 11 is 3.74. The molecular weight excluding hydrogens is 312 g/mol. The molecule has 0 saturated heterocycles. The number of guanidine groups is 1. The normalized spacial score (nSPS) is 12.8. The minimum absolute atomic E-state index is 0.0746. The highest BCUT2D eigenvalue weighted by Crippen LogP contribution is 1.99. The van der Waals surface area contributed by atoms with Gasteiger partial charge in [0.05, 0.1) is 12.4 Å². The van der Waals surface area contributed by atoms with Gasteiger partial charge in [0.25, 0.3) is 0 Å². The summed E-state index contributed by atoms with van der Waals surface area (Å²) in [4.78, 5) is 38.1. The van der Waals surface area contributed by atoms with Gasteiger partial charge in [-0.3, -0.25) is 19.4 Å². The second kappa shape index (κ2) is 10.7. The molecule has 126 valence electrons. The van der Waals surface area contributed by atoms with E-state index in [0.717, 1.165) is 0 Å². The first kappa shape index (κ1) is 20.0. The number of carbonyl (C=O) groups excluding carboxylic acids is 3. The highest BCUT2D eigenvalue weighted by atomic mass is 32.1. The first-order valence-corrected chi connectivity index (χ1v) is 7.11. The van der Waals surface area contributed by atoms with Crippen molar-refractivity contribution in [2.75, 3.05) is 18.9 Å². The number of hydrogen-bond donors (Lipinski definition) is 7. The molecular formula is C11H22N6O4S. The summed E-state index contributed by atoms with van der Waals surface area (Å²) in [7, 11) is 0. The van der Waals surface area contributed by atoms with E-state index in [1.165, 1.54) is 0 Å². The largest absolute Gasteiger partial charge is 0.394 e. The molecule has 0 saturated carbocycles. The van der Waals surface area contributed by atoms with Gasteiger partial charge in [-0.1, -0.05) is 0 Å². The number of nitrogens with zero attached hydrogens (tertiary/aromatic N) is 1. The van der Waals surface area contributed by atoms with Gasteiger partial charge in [0.1, 0.15) is 12.1 Å². The van der Waals surface area contributed by atoms with Crippen LogP contribution in [0.1, 0.15) is 12.8 Å². The fraction of sp³-hybridized carbons (Fsp3) is 0.636. The molecule has 0 radical (unpaired) electrons. The third-order valence-corrected chi connectivity index (χ3v) is 2.87. The maximum atomic E-state index is 11.9. The first-order valence-electron chi connectivity index (χ1n) is 6.48. The van der Waals surface area contributed by atoms with E-state index in [2.05, 4.69) is 28.3 Å². The highest BCUT2D eigenvalue weighted by Gasteiger charge is 2.24. The molecule has 0 heterocycles. The smallest absolute Gasteiger partial charge is 0.245 e. The quantitative estimate of drug-likeness (QED) is 0.0936. The van der Waals surface area contributed by atoms with Crippen molar-refractivity contribution < 1.29 is 19.5 Å². The zero-order valence-corrected chi connectivity index (χ0v) is 12.9. The molecule has 11 heteroatoms. The Labute approximate surface area is 133 Å². The Hall–Kier alpha value is -2.01. The molecule has 2 atom stereocenters. The fourth-order valence-corrected chi connectivity index (χ4v) is 1.59. The average molecular weight is 334 g/mol. The molecule has 0 rings (SSSR count). The average Bonchev–Trinajstić information content (AvgIpc) is 2.46. The summed E-state index contributed by atoms with van der Waals surface area (Å²) in [6.45, 7) is -0.341. The maximum absolute atomic E-state index is 11.9. The van der Waals surface area contributed by atoms with Crippen LogP contribution in [0.25, 0.3) is 0 Å². The number of aliphatic hydroxyl groups excluding tert-OH is 1. The predicted molar refractivity (Wildman–Crippen MR) is 83.9 cm³/mol. The standard InChI is InChI=1S/C11H22N6O4S/c12-9(20)6(2-1-3-15-11(13)14)17-10(21)7(4-18)16-8(19)5-22/h6-7,18,22H,1-5H2,(H2,12,20)(H,16,19)(H,17,21)(H4,13,14,15)/t6-,7-/m0/s1. The van der Waals surface area contributed by atoms with Crippen molar-refractivity contribution in [3.8, 4) is 0 Å². The molecule has 0 aliphatic rings. The van der Waals surface area contributed by atoms with Crippen LogP contribution in [-0.4, -0.2) is 59.8 Å². The van der Waals surface area contributed by atoms with Crippen LogP contribution in [0, 0.1) is 0 Å². The summed E-state index contributed by atoms with van der Waals surface area (Å²) in [6.07, 6.45) is 0.634. The minimum Gasteiger partial charge on any atom is -0.394 e. The van der Waals surface area contributed by atoms with Crippen molar-refractivity contribution in [3.05, 3.63) is 0 Å². The Balaban J connectivity index is 4.52. The minimum atomic E-state index is -1.18. The van der Waals surface area contributed by atoms with Gasteiger partial charge in [-0.05, 0) is 12.8 Å². The number of thiol groups is 1. The van der Waals surface area contributed by atoms with Crippen LogP contribution in [0.3, 0.4) is 0 Å². The molecule has 0 aliphatic heterocycles. The Morgan fingerprint density at radius 3 is 2.23 bits per heavy atom. The second-order valence-corrected chi connectivity index (χ2v) is 4.69. The molecule has 0 aromatic carbocycles. The van der Waals surface area contributed by atoms with E-state index in [1.54, 1.807) is 0 Å².